The second-order valence-electron chi connectivity index (χ2n) is 7.15. The molecule has 1 N–H and O–H groups in total. The van der Waals surface area contributed by atoms with Crippen LogP contribution in [0.15, 0.2) is 53.1 Å². The highest BCUT2D eigenvalue weighted by Gasteiger charge is 2.15. The molecule has 2 heterocycles. The van der Waals surface area contributed by atoms with Crippen LogP contribution >= 0.6 is 22.9 Å². The molecule has 0 saturated carbocycles. The van der Waals surface area contributed by atoms with Crippen molar-refractivity contribution in [2.24, 2.45) is 0 Å². The zero-order chi connectivity index (χ0) is 24.8. The number of hydrogen-bond acceptors (Lipinski definition) is 10. The summed E-state index contributed by atoms with van der Waals surface area (Å²) in [6.45, 7) is 2.21. The maximum Gasteiger partial charge on any atom is 0.321 e. The van der Waals surface area contributed by atoms with Crippen molar-refractivity contribution in [1.29, 1.82) is 5.26 Å². The molecule has 2 aromatic heterocycles. The Hall–Kier alpha value is -3.98. The molecule has 4 aromatic rings. The number of amides is 1. The summed E-state index contributed by atoms with van der Waals surface area (Å²) < 4.78 is 22.8. The van der Waals surface area contributed by atoms with Gasteiger partial charge in [0, 0.05) is 24.3 Å². The van der Waals surface area contributed by atoms with Crippen LogP contribution in [0.25, 0.3) is 11.5 Å². The Morgan fingerprint density at radius 1 is 1.23 bits per heavy atom. The number of nitrogens with one attached hydrogen (secondary N) is 1. The number of rotatable bonds is 9. The topological polar surface area (TPSA) is 132 Å². The Morgan fingerprint density at radius 2 is 2.06 bits per heavy atom. The Kier molecular flexibility index (Phi) is 7.57. The lowest BCUT2D eigenvalue weighted by Crippen LogP contribution is -2.18. The minimum absolute atomic E-state index is 0.140. The molecule has 35 heavy (non-hydrogen) atoms. The summed E-state index contributed by atoms with van der Waals surface area (Å²) in [7, 11) is 1.58. The molecule has 12 heteroatoms. The molecule has 0 unspecified atom stereocenters. The van der Waals surface area contributed by atoms with E-state index >= 15 is 0 Å². The third-order valence-electron chi connectivity index (χ3n) is 4.42. The lowest BCUT2D eigenvalue weighted by Gasteiger charge is -2.16. The third kappa shape index (κ3) is 6.33. The van der Waals surface area contributed by atoms with Crippen molar-refractivity contribution >= 4 is 34.0 Å². The quantitative estimate of drug-likeness (QED) is 0.322. The molecule has 1 amide bonds. The number of nitrogens with zero attached hydrogens (tertiary/aromatic N) is 4. The first-order chi connectivity index (χ1) is 16.9. The van der Waals surface area contributed by atoms with Crippen LogP contribution in [0.3, 0.4) is 0 Å². The van der Waals surface area contributed by atoms with Gasteiger partial charge < -0.3 is 18.6 Å². The van der Waals surface area contributed by atoms with Crippen molar-refractivity contribution in [3.63, 3.8) is 0 Å². The fourth-order valence-corrected chi connectivity index (χ4v) is 3.83. The maximum atomic E-state index is 12.9. The van der Waals surface area contributed by atoms with Crippen molar-refractivity contribution in [3.8, 4) is 34.8 Å². The Balaban J connectivity index is 1.61. The molecule has 0 saturated heterocycles. The second-order valence-corrected chi connectivity index (χ2v) is 8.82. The number of ether oxygens (including phenoxy) is 3. The van der Waals surface area contributed by atoms with E-state index in [2.05, 4.69) is 20.5 Å². The van der Waals surface area contributed by atoms with Crippen molar-refractivity contribution in [2.45, 2.75) is 13.0 Å². The summed E-state index contributed by atoms with van der Waals surface area (Å²) in [5.74, 6) is 0.850. The van der Waals surface area contributed by atoms with Gasteiger partial charge in [-0.3, -0.25) is 10.1 Å². The summed E-state index contributed by atoms with van der Waals surface area (Å²) >= 11 is 7.05. The zero-order valence-electron chi connectivity index (χ0n) is 18.5. The van der Waals surface area contributed by atoms with E-state index in [1.807, 2.05) is 6.92 Å². The standard InChI is InChI=1S/C23H18ClN5O5S/c1-13(12-31-2)32-17-7-15(21(30)27-23-26-11-19(24)35-23)8-18(9-17)33-16-5-3-4-14(6-16)22-29-28-20(10-25)34-22/h3-9,11,13H,12H2,1-2H3,(H,26,27,30)/t13-/m1/s1. The highest BCUT2D eigenvalue weighted by Crippen LogP contribution is 2.31. The smallest absolute Gasteiger partial charge is 0.321 e. The van der Waals surface area contributed by atoms with Gasteiger partial charge in [-0.2, -0.15) is 5.26 Å². The number of aromatic nitrogens is 3. The van der Waals surface area contributed by atoms with Crippen molar-refractivity contribution in [3.05, 3.63) is 64.5 Å². The van der Waals surface area contributed by atoms with Crippen LogP contribution in [-0.4, -0.2) is 40.9 Å². The fourth-order valence-electron chi connectivity index (χ4n) is 3.03. The van der Waals surface area contributed by atoms with Crippen LogP contribution in [0.1, 0.15) is 23.2 Å². The number of hydrogen-bond donors (Lipinski definition) is 1. The molecule has 1 atom stereocenters. The predicted molar refractivity (Wildman–Crippen MR) is 128 cm³/mol. The number of nitriles is 1. The van der Waals surface area contributed by atoms with E-state index in [1.54, 1.807) is 55.6 Å². The summed E-state index contributed by atoms with van der Waals surface area (Å²) in [6, 6.07) is 13.5. The van der Waals surface area contributed by atoms with E-state index in [1.165, 1.54) is 6.20 Å². The van der Waals surface area contributed by atoms with Crippen LogP contribution in [0, 0.1) is 11.3 Å². The van der Waals surface area contributed by atoms with Gasteiger partial charge in [0.05, 0.1) is 12.8 Å². The summed E-state index contributed by atoms with van der Waals surface area (Å²) in [4.78, 5) is 16.9. The summed E-state index contributed by atoms with van der Waals surface area (Å²) in [5, 5.41) is 19.5. The van der Waals surface area contributed by atoms with E-state index in [-0.39, 0.29) is 17.9 Å². The number of carbonyl (C=O) groups is 1. The van der Waals surface area contributed by atoms with Gasteiger partial charge in [0.15, 0.2) is 11.2 Å². The molecular formula is C23H18ClN5O5S. The van der Waals surface area contributed by atoms with Gasteiger partial charge in [0.2, 0.25) is 5.89 Å². The number of anilines is 1. The molecule has 2 aromatic carbocycles. The van der Waals surface area contributed by atoms with E-state index in [0.29, 0.717) is 44.5 Å². The Labute approximate surface area is 209 Å². The number of thiazole rings is 1. The van der Waals surface area contributed by atoms with E-state index in [0.717, 1.165) is 11.3 Å². The van der Waals surface area contributed by atoms with Gasteiger partial charge in [-0.1, -0.05) is 34.1 Å². The molecule has 0 spiro atoms. The fraction of sp³-hybridized carbons (Fsp3) is 0.174. The first kappa shape index (κ1) is 24.2. The molecule has 0 aliphatic heterocycles. The first-order valence-corrected chi connectivity index (χ1v) is 11.4. The van der Waals surface area contributed by atoms with Gasteiger partial charge in [-0.05, 0) is 37.3 Å². The van der Waals surface area contributed by atoms with Crippen molar-refractivity contribution < 1.29 is 23.4 Å². The van der Waals surface area contributed by atoms with Crippen LogP contribution < -0.4 is 14.8 Å². The number of benzene rings is 2. The van der Waals surface area contributed by atoms with Gasteiger partial charge >= 0.3 is 5.89 Å². The first-order valence-electron chi connectivity index (χ1n) is 10.2. The molecule has 4 rings (SSSR count). The zero-order valence-corrected chi connectivity index (χ0v) is 20.1. The van der Waals surface area contributed by atoms with Gasteiger partial charge in [0.25, 0.3) is 5.91 Å². The van der Waals surface area contributed by atoms with Crippen LogP contribution in [0.5, 0.6) is 17.2 Å². The van der Waals surface area contributed by atoms with Gasteiger partial charge in [-0.25, -0.2) is 4.98 Å². The Morgan fingerprint density at radius 3 is 2.77 bits per heavy atom. The minimum Gasteiger partial charge on any atom is -0.488 e. The number of carbonyl (C=O) groups excluding carboxylic acids is 1. The largest absolute Gasteiger partial charge is 0.488 e. The Bertz CT molecular complexity index is 1380. The van der Waals surface area contributed by atoms with E-state index in [9.17, 15) is 4.79 Å². The molecule has 0 aliphatic carbocycles. The van der Waals surface area contributed by atoms with E-state index < -0.39 is 5.91 Å². The lowest BCUT2D eigenvalue weighted by molar-refractivity contribution is 0.0916. The van der Waals surface area contributed by atoms with Gasteiger partial charge in [-0.15, -0.1) is 5.10 Å². The van der Waals surface area contributed by atoms with E-state index in [4.69, 9.17) is 35.5 Å². The lowest BCUT2D eigenvalue weighted by atomic mass is 10.1. The normalized spacial score (nSPS) is 11.5. The highest BCUT2D eigenvalue weighted by atomic mass is 35.5. The van der Waals surface area contributed by atoms with Crippen LogP contribution in [0.4, 0.5) is 5.13 Å². The van der Waals surface area contributed by atoms with Crippen LogP contribution in [0.2, 0.25) is 4.34 Å². The predicted octanol–water partition coefficient (Wildman–Crippen LogP) is 5.18. The minimum atomic E-state index is -0.408. The monoisotopic (exact) mass is 511 g/mol. The maximum absolute atomic E-state index is 12.9. The van der Waals surface area contributed by atoms with Crippen molar-refractivity contribution in [1.82, 2.24) is 15.2 Å². The molecule has 0 fully saturated rings. The van der Waals surface area contributed by atoms with Gasteiger partial charge in [0.1, 0.15) is 27.7 Å². The number of halogens is 1. The van der Waals surface area contributed by atoms with Crippen LogP contribution in [-0.2, 0) is 4.74 Å². The molecule has 0 radical (unpaired) electrons. The number of methoxy groups -OCH3 is 1. The molecular weight excluding hydrogens is 494 g/mol. The summed E-state index contributed by atoms with van der Waals surface area (Å²) in [5.41, 5.74) is 0.858. The average Bonchev–Trinajstić information content (AvgIpc) is 3.48. The molecule has 10 nitrogen and oxygen atoms in total. The average molecular weight is 512 g/mol. The SMILES string of the molecule is COC[C@@H](C)Oc1cc(Oc2cccc(-c3nnc(C#N)o3)c2)cc(C(=O)Nc2ncc(Cl)s2)c1. The molecule has 178 valence electrons. The highest BCUT2D eigenvalue weighted by molar-refractivity contribution is 7.19. The van der Waals surface area contributed by atoms with Crippen molar-refractivity contribution in [2.75, 3.05) is 19.0 Å². The molecule has 0 bridgehead atoms. The summed E-state index contributed by atoms with van der Waals surface area (Å²) in [6.07, 6.45) is 1.19. The molecule has 0 aliphatic rings. The second kappa shape index (κ2) is 11.0. The third-order valence-corrected chi connectivity index (χ3v) is 5.45.